The van der Waals surface area contributed by atoms with E-state index in [0.717, 1.165) is 4.31 Å². The number of anilines is 1. The first kappa shape index (κ1) is 18.3. The fourth-order valence-corrected chi connectivity index (χ4v) is 1.98. The van der Waals surface area contributed by atoms with Crippen molar-refractivity contribution in [3.63, 3.8) is 0 Å². The summed E-state index contributed by atoms with van der Waals surface area (Å²) in [5, 5.41) is 2.82. The first-order valence-corrected chi connectivity index (χ1v) is 8.12. The zero-order valence-electron chi connectivity index (χ0n) is 12.2. The van der Waals surface area contributed by atoms with E-state index in [-0.39, 0.29) is 5.82 Å². The normalized spacial score (nSPS) is 12.8. The van der Waals surface area contributed by atoms with E-state index in [1.165, 1.54) is 39.3 Å². The molecule has 1 heterocycles. The molecule has 0 saturated carbocycles. The van der Waals surface area contributed by atoms with Crippen LogP contribution in [0.25, 0.3) is 0 Å². The van der Waals surface area contributed by atoms with Crippen molar-refractivity contribution in [3.8, 4) is 0 Å². The number of carbonyl (C=O) groups excluding carboxylic acids is 2. The molecule has 0 radical (unpaired) electrons. The first-order chi connectivity index (χ1) is 10.1. The number of rotatable bonds is 6. The number of carbonyl (C=O) groups is 2. The molecule has 0 aliphatic heterocycles. The predicted octanol–water partition coefficient (Wildman–Crippen LogP) is 0.497. The van der Waals surface area contributed by atoms with Crippen LogP contribution < -0.4 is 5.32 Å². The molecule has 0 saturated heterocycles. The fraction of sp³-hybridized carbons (Fsp3) is 0.417. The van der Waals surface area contributed by atoms with Gasteiger partial charge in [-0.05, 0) is 19.1 Å². The molecule has 22 heavy (non-hydrogen) atoms. The standard InChI is InChI=1S/C12H16ClN3O5S/c1-8(21-11(17)7-22(19,20)16(2)3)12(18)15-10-5-4-9(13)6-14-10/h4-6,8H,7H2,1-3H3,(H,14,15,18). The van der Waals surface area contributed by atoms with Crippen LogP contribution in [0.2, 0.25) is 5.02 Å². The van der Waals surface area contributed by atoms with Gasteiger partial charge in [-0.15, -0.1) is 0 Å². The van der Waals surface area contributed by atoms with Gasteiger partial charge in [0, 0.05) is 20.3 Å². The second kappa shape index (κ2) is 7.52. The summed E-state index contributed by atoms with van der Waals surface area (Å²) >= 11 is 5.66. The maximum atomic E-state index is 11.8. The molecular formula is C12H16ClN3O5S. The zero-order chi connectivity index (χ0) is 16.9. The Kier molecular flexibility index (Phi) is 6.27. The van der Waals surface area contributed by atoms with E-state index in [1.807, 2.05) is 0 Å². The van der Waals surface area contributed by atoms with Crippen LogP contribution in [0.3, 0.4) is 0 Å². The van der Waals surface area contributed by atoms with Crippen LogP contribution >= 0.6 is 11.6 Å². The summed E-state index contributed by atoms with van der Waals surface area (Å²) in [6, 6.07) is 3.01. The third-order valence-electron chi connectivity index (χ3n) is 2.51. The molecule has 1 unspecified atom stereocenters. The molecule has 1 aromatic rings. The number of hydrogen-bond acceptors (Lipinski definition) is 6. The molecule has 1 N–H and O–H groups in total. The van der Waals surface area contributed by atoms with Gasteiger partial charge in [0.05, 0.1) is 5.02 Å². The molecule has 1 aromatic heterocycles. The Morgan fingerprint density at radius 3 is 2.55 bits per heavy atom. The minimum atomic E-state index is -3.73. The molecule has 1 atom stereocenters. The van der Waals surface area contributed by atoms with Crippen molar-refractivity contribution in [3.05, 3.63) is 23.4 Å². The van der Waals surface area contributed by atoms with E-state index < -0.39 is 33.8 Å². The van der Waals surface area contributed by atoms with Gasteiger partial charge in [-0.1, -0.05) is 11.6 Å². The highest BCUT2D eigenvalue weighted by atomic mass is 35.5. The van der Waals surface area contributed by atoms with Crippen molar-refractivity contribution in [2.75, 3.05) is 25.2 Å². The van der Waals surface area contributed by atoms with Crippen LogP contribution in [0.5, 0.6) is 0 Å². The minimum absolute atomic E-state index is 0.234. The minimum Gasteiger partial charge on any atom is -0.452 e. The lowest BCUT2D eigenvalue weighted by molar-refractivity contribution is -0.150. The van der Waals surface area contributed by atoms with Gasteiger partial charge < -0.3 is 10.1 Å². The van der Waals surface area contributed by atoms with Crippen LogP contribution in [-0.2, 0) is 24.3 Å². The maximum absolute atomic E-state index is 11.8. The lowest BCUT2D eigenvalue weighted by Gasteiger charge is -2.14. The molecule has 0 bridgehead atoms. The van der Waals surface area contributed by atoms with E-state index in [0.29, 0.717) is 5.02 Å². The summed E-state index contributed by atoms with van der Waals surface area (Å²) in [5.41, 5.74) is 0. The average molecular weight is 350 g/mol. The van der Waals surface area contributed by atoms with Crippen LogP contribution in [0, 0.1) is 0 Å². The lowest BCUT2D eigenvalue weighted by Crippen LogP contribution is -2.35. The maximum Gasteiger partial charge on any atom is 0.323 e. The largest absolute Gasteiger partial charge is 0.452 e. The van der Waals surface area contributed by atoms with Crippen molar-refractivity contribution in [1.82, 2.24) is 9.29 Å². The number of halogens is 1. The predicted molar refractivity (Wildman–Crippen MR) is 80.9 cm³/mol. The molecule has 0 aromatic carbocycles. The van der Waals surface area contributed by atoms with Crippen molar-refractivity contribution < 1.29 is 22.7 Å². The number of hydrogen-bond donors (Lipinski definition) is 1. The van der Waals surface area contributed by atoms with E-state index in [1.54, 1.807) is 0 Å². The Morgan fingerprint density at radius 2 is 2.05 bits per heavy atom. The number of nitrogens with one attached hydrogen (secondary N) is 1. The van der Waals surface area contributed by atoms with E-state index in [9.17, 15) is 18.0 Å². The third-order valence-corrected chi connectivity index (χ3v) is 4.45. The number of aromatic nitrogens is 1. The summed E-state index contributed by atoms with van der Waals surface area (Å²) < 4.78 is 28.7. The molecule has 0 spiro atoms. The molecule has 122 valence electrons. The highest BCUT2D eigenvalue weighted by molar-refractivity contribution is 7.89. The number of amides is 1. The van der Waals surface area contributed by atoms with E-state index >= 15 is 0 Å². The summed E-state index contributed by atoms with van der Waals surface area (Å²) in [5.74, 6) is -2.25. The molecule has 8 nitrogen and oxygen atoms in total. The number of ether oxygens (including phenoxy) is 1. The highest BCUT2D eigenvalue weighted by Gasteiger charge is 2.24. The van der Waals surface area contributed by atoms with Crippen LogP contribution in [-0.4, -0.2) is 55.5 Å². The Hall–Kier alpha value is -1.71. The number of pyridine rings is 1. The molecular weight excluding hydrogens is 334 g/mol. The lowest BCUT2D eigenvalue weighted by atomic mass is 10.3. The van der Waals surface area contributed by atoms with Gasteiger partial charge >= 0.3 is 5.97 Å². The van der Waals surface area contributed by atoms with Gasteiger partial charge in [0.25, 0.3) is 5.91 Å². The van der Waals surface area contributed by atoms with Gasteiger partial charge in [-0.25, -0.2) is 17.7 Å². The number of esters is 1. The van der Waals surface area contributed by atoms with Crippen LogP contribution in [0.15, 0.2) is 18.3 Å². The average Bonchev–Trinajstić information content (AvgIpc) is 2.40. The summed E-state index contributed by atoms with van der Waals surface area (Å²) in [6.45, 7) is 1.32. The van der Waals surface area contributed by atoms with Gasteiger partial charge in [0.2, 0.25) is 10.0 Å². The number of nitrogens with zero attached hydrogens (tertiary/aromatic N) is 2. The topological polar surface area (TPSA) is 106 Å². The molecule has 1 rings (SSSR count). The smallest absolute Gasteiger partial charge is 0.323 e. The van der Waals surface area contributed by atoms with Crippen molar-refractivity contribution in [1.29, 1.82) is 0 Å². The zero-order valence-corrected chi connectivity index (χ0v) is 13.8. The molecule has 0 aliphatic carbocycles. The van der Waals surface area contributed by atoms with E-state index in [4.69, 9.17) is 16.3 Å². The van der Waals surface area contributed by atoms with Crippen molar-refractivity contribution >= 4 is 39.3 Å². The van der Waals surface area contributed by atoms with Crippen molar-refractivity contribution in [2.45, 2.75) is 13.0 Å². The van der Waals surface area contributed by atoms with Gasteiger partial charge in [-0.2, -0.15) is 0 Å². The number of sulfonamides is 1. The quantitative estimate of drug-likeness (QED) is 0.749. The van der Waals surface area contributed by atoms with Crippen molar-refractivity contribution in [2.24, 2.45) is 0 Å². The Bertz CT molecular complexity index is 645. The summed E-state index contributed by atoms with van der Waals surface area (Å²) in [6.07, 6.45) is 0.180. The van der Waals surface area contributed by atoms with Gasteiger partial charge in [0.1, 0.15) is 5.82 Å². The molecule has 1 amide bonds. The second-order valence-corrected chi connectivity index (χ2v) is 7.14. The monoisotopic (exact) mass is 349 g/mol. The van der Waals surface area contributed by atoms with Crippen LogP contribution in [0.1, 0.15) is 6.92 Å². The summed E-state index contributed by atoms with van der Waals surface area (Å²) in [7, 11) is -1.14. The second-order valence-electron chi connectivity index (χ2n) is 4.52. The fourth-order valence-electron chi connectivity index (χ4n) is 1.24. The SMILES string of the molecule is CC(OC(=O)CS(=O)(=O)N(C)C)C(=O)Nc1ccc(Cl)cn1. The van der Waals surface area contributed by atoms with Gasteiger partial charge in [0.15, 0.2) is 11.9 Å². The van der Waals surface area contributed by atoms with Crippen LogP contribution in [0.4, 0.5) is 5.82 Å². The Labute approximate surface area is 133 Å². The molecule has 0 aliphatic rings. The Balaban J connectivity index is 2.57. The molecule has 10 heteroatoms. The third kappa shape index (κ3) is 5.58. The van der Waals surface area contributed by atoms with E-state index in [2.05, 4.69) is 10.3 Å². The van der Waals surface area contributed by atoms with Gasteiger partial charge in [-0.3, -0.25) is 9.59 Å². The Morgan fingerprint density at radius 1 is 1.41 bits per heavy atom. The molecule has 0 fully saturated rings. The highest BCUT2D eigenvalue weighted by Crippen LogP contribution is 2.10. The first-order valence-electron chi connectivity index (χ1n) is 6.14. The summed E-state index contributed by atoms with van der Waals surface area (Å²) in [4.78, 5) is 27.2.